The number of para-hydroxylation sites is 1. The number of aryl methyl sites for hydroxylation is 2. The topological polar surface area (TPSA) is 76.9 Å². The van der Waals surface area contributed by atoms with E-state index in [1.165, 1.54) is 11.3 Å². The van der Waals surface area contributed by atoms with E-state index in [0.717, 1.165) is 30.5 Å². The molecule has 1 amide bonds. The highest BCUT2D eigenvalue weighted by Crippen LogP contribution is 2.15. The van der Waals surface area contributed by atoms with Crippen molar-refractivity contribution in [1.29, 1.82) is 0 Å². The van der Waals surface area contributed by atoms with Gasteiger partial charge in [-0.1, -0.05) is 18.6 Å². The zero-order valence-corrected chi connectivity index (χ0v) is 14.9. The number of nitrogens with zero attached hydrogens (tertiary/aromatic N) is 3. The number of carbonyl (C=O) groups excluding carboxylic acids is 1. The predicted octanol–water partition coefficient (Wildman–Crippen LogP) is 3.36. The Balaban J connectivity index is 1.43. The lowest BCUT2D eigenvalue weighted by molar-refractivity contribution is -0.116. The molecule has 3 rings (SSSR count). The van der Waals surface area contributed by atoms with E-state index in [2.05, 4.69) is 15.3 Å². The quantitative estimate of drug-likeness (QED) is 0.659. The molecule has 0 bridgehead atoms. The summed E-state index contributed by atoms with van der Waals surface area (Å²) in [5, 5.41) is 6.00. The number of hydrogen-bond acceptors (Lipinski definition) is 5. The minimum Gasteiger partial charge on any atom is -0.302 e. The van der Waals surface area contributed by atoms with Crippen molar-refractivity contribution in [3.63, 3.8) is 0 Å². The van der Waals surface area contributed by atoms with Gasteiger partial charge in [-0.3, -0.25) is 14.2 Å². The molecule has 0 unspecified atom stereocenters. The Bertz CT molecular complexity index is 932. The molecule has 3 aromatic rings. The molecule has 1 aromatic carbocycles. The number of amides is 1. The molecule has 25 heavy (non-hydrogen) atoms. The summed E-state index contributed by atoms with van der Waals surface area (Å²) in [6, 6.07) is 7.35. The fourth-order valence-corrected chi connectivity index (χ4v) is 3.31. The van der Waals surface area contributed by atoms with Gasteiger partial charge in [0.15, 0.2) is 5.13 Å². The van der Waals surface area contributed by atoms with Crippen LogP contribution in [0.2, 0.25) is 0 Å². The third-order valence-corrected chi connectivity index (χ3v) is 4.78. The second kappa shape index (κ2) is 8.02. The monoisotopic (exact) mass is 356 g/mol. The number of fused-ring (bicyclic) bond motifs is 1. The second-order valence-electron chi connectivity index (χ2n) is 5.91. The summed E-state index contributed by atoms with van der Waals surface area (Å²) in [6.45, 7) is 2.51. The van der Waals surface area contributed by atoms with Gasteiger partial charge in [-0.25, -0.2) is 9.97 Å². The summed E-state index contributed by atoms with van der Waals surface area (Å²) in [5.41, 5.74) is 1.62. The van der Waals surface area contributed by atoms with Crippen molar-refractivity contribution in [2.45, 2.75) is 39.2 Å². The van der Waals surface area contributed by atoms with E-state index in [-0.39, 0.29) is 11.5 Å². The standard InChI is InChI=1S/C18H20N4O2S/c1-13-11-25-18(20-13)21-16(23)9-3-2-6-10-22-12-19-15-8-5-4-7-14(15)17(22)24/h4-5,7-8,11-12H,2-3,6,9-10H2,1H3,(H,20,21,23). The van der Waals surface area contributed by atoms with Crippen LogP contribution in [0.4, 0.5) is 5.13 Å². The molecule has 2 aromatic heterocycles. The van der Waals surface area contributed by atoms with Crippen molar-refractivity contribution >= 4 is 33.3 Å². The maximum atomic E-state index is 12.4. The molecule has 0 fully saturated rings. The van der Waals surface area contributed by atoms with E-state index < -0.39 is 0 Å². The van der Waals surface area contributed by atoms with E-state index in [4.69, 9.17) is 0 Å². The van der Waals surface area contributed by atoms with Crippen LogP contribution < -0.4 is 10.9 Å². The lowest BCUT2D eigenvalue weighted by Crippen LogP contribution is -2.20. The number of carbonyl (C=O) groups is 1. The molecule has 130 valence electrons. The van der Waals surface area contributed by atoms with Gasteiger partial charge in [-0.15, -0.1) is 11.3 Å². The number of unbranched alkanes of at least 4 members (excludes halogenated alkanes) is 2. The molecule has 0 radical (unpaired) electrons. The van der Waals surface area contributed by atoms with Crippen molar-refractivity contribution in [3.8, 4) is 0 Å². The van der Waals surface area contributed by atoms with Crippen LogP contribution in [0.3, 0.4) is 0 Å². The Labute approximate surface area is 149 Å². The summed E-state index contributed by atoms with van der Waals surface area (Å²) in [5.74, 6) is -0.0149. The maximum Gasteiger partial charge on any atom is 0.261 e. The molecular formula is C18H20N4O2S. The van der Waals surface area contributed by atoms with Gasteiger partial charge in [0, 0.05) is 18.3 Å². The third-order valence-electron chi connectivity index (χ3n) is 3.90. The van der Waals surface area contributed by atoms with Crippen LogP contribution in [0.25, 0.3) is 10.9 Å². The summed E-state index contributed by atoms with van der Waals surface area (Å²) in [4.78, 5) is 32.7. The molecule has 0 saturated heterocycles. The second-order valence-corrected chi connectivity index (χ2v) is 6.77. The molecule has 0 atom stereocenters. The molecule has 2 heterocycles. The highest BCUT2D eigenvalue weighted by Gasteiger charge is 2.06. The molecular weight excluding hydrogens is 336 g/mol. The average molecular weight is 356 g/mol. The highest BCUT2D eigenvalue weighted by molar-refractivity contribution is 7.13. The van der Waals surface area contributed by atoms with E-state index >= 15 is 0 Å². The van der Waals surface area contributed by atoms with Gasteiger partial charge in [0.2, 0.25) is 5.91 Å². The smallest absolute Gasteiger partial charge is 0.261 e. The molecule has 0 aliphatic heterocycles. The van der Waals surface area contributed by atoms with Gasteiger partial charge in [0.05, 0.1) is 22.9 Å². The van der Waals surface area contributed by atoms with Gasteiger partial charge < -0.3 is 5.32 Å². The molecule has 0 spiro atoms. The lowest BCUT2D eigenvalue weighted by atomic mass is 10.2. The Hall–Kier alpha value is -2.54. The van der Waals surface area contributed by atoms with Gasteiger partial charge in [0.25, 0.3) is 5.56 Å². The highest BCUT2D eigenvalue weighted by atomic mass is 32.1. The normalized spacial score (nSPS) is 10.9. The van der Waals surface area contributed by atoms with Gasteiger partial charge in [0.1, 0.15) is 0 Å². The first-order valence-electron chi connectivity index (χ1n) is 8.29. The molecule has 0 aliphatic rings. The van der Waals surface area contributed by atoms with E-state index in [1.807, 2.05) is 30.5 Å². The first kappa shape index (κ1) is 17.3. The first-order valence-corrected chi connectivity index (χ1v) is 9.17. The number of aromatic nitrogens is 3. The number of nitrogens with one attached hydrogen (secondary N) is 1. The van der Waals surface area contributed by atoms with E-state index in [9.17, 15) is 9.59 Å². The van der Waals surface area contributed by atoms with Crippen molar-refractivity contribution < 1.29 is 4.79 Å². The van der Waals surface area contributed by atoms with Crippen LogP contribution in [-0.4, -0.2) is 20.4 Å². The number of rotatable bonds is 7. The van der Waals surface area contributed by atoms with Gasteiger partial charge in [-0.05, 0) is 31.9 Å². The Morgan fingerprint density at radius 3 is 2.88 bits per heavy atom. The minimum atomic E-state index is -0.0149. The maximum absolute atomic E-state index is 12.4. The Kier molecular flexibility index (Phi) is 5.55. The van der Waals surface area contributed by atoms with Crippen LogP contribution in [0.1, 0.15) is 31.4 Å². The number of hydrogen-bond donors (Lipinski definition) is 1. The lowest BCUT2D eigenvalue weighted by Gasteiger charge is -2.06. The number of benzene rings is 1. The van der Waals surface area contributed by atoms with Crippen LogP contribution in [0, 0.1) is 6.92 Å². The van der Waals surface area contributed by atoms with Crippen molar-refractivity contribution in [1.82, 2.24) is 14.5 Å². The molecule has 6 nitrogen and oxygen atoms in total. The van der Waals surface area contributed by atoms with Crippen LogP contribution in [0.15, 0.2) is 40.8 Å². The van der Waals surface area contributed by atoms with Gasteiger partial charge >= 0.3 is 0 Å². The van der Waals surface area contributed by atoms with Crippen molar-refractivity contribution in [3.05, 3.63) is 52.0 Å². The zero-order chi connectivity index (χ0) is 17.6. The Morgan fingerprint density at radius 1 is 1.24 bits per heavy atom. The Morgan fingerprint density at radius 2 is 2.08 bits per heavy atom. The van der Waals surface area contributed by atoms with Crippen molar-refractivity contribution in [2.24, 2.45) is 0 Å². The SMILES string of the molecule is Cc1csc(NC(=O)CCCCCn2cnc3ccccc3c2=O)n1. The molecule has 1 N–H and O–H groups in total. The fourth-order valence-electron chi connectivity index (χ4n) is 2.60. The number of thiazole rings is 1. The minimum absolute atomic E-state index is 0.0116. The number of anilines is 1. The van der Waals surface area contributed by atoms with Crippen LogP contribution >= 0.6 is 11.3 Å². The summed E-state index contributed by atoms with van der Waals surface area (Å²) < 4.78 is 1.64. The van der Waals surface area contributed by atoms with E-state index in [0.29, 0.717) is 23.5 Å². The summed E-state index contributed by atoms with van der Waals surface area (Å²) in [7, 11) is 0. The fraction of sp³-hybridized carbons (Fsp3) is 0.333. The predicted molar refractivity (Wildman–Crippen MR) is 100.0 cm³/mol. The summed E-state index contributed by atoms with van der Waals surface area (Å²) in [6.07, 6.45) is 4.56. The first-order chi connectivity index (χ1) is 12.1. The van der Waals surface area contributed by atoms with Crippen molar-refractivity contribution in [2.75, 3.05) is 5.32 Å². The van der Waals surface area contributed by atoms with E-state index in [1.54, 1.807) is 17.0 Å². The molecule has 7 heteroatoms. The zero-order valence-electron chi connectivity index (χ0n) is 14.1. The third kappa shape index (κ3) is 4.51. The van der Waals surface area contributed by atoms with Gasteiger partial charge in [-0.2, -0.15) is 0 Å². The molecule has 0 saturated carbocycles. The largest absolute Gasteiger partial charge is 0.302 e. The summed E-state index contributed by atoms with van der Waals surface area (Å²) >= 11 is 1.43. The molecule has 0 aliphatic carbocycles. The van der Waals surface area contributed by atoms with Crippen LogP contribution in [0.5, 0.6) is 0 Å². The average Bonchev–Trinajstić information content (AvgIpc) is 3.01. The van der Waals surface area contributed by atoms with Crippen LogP contribution in [-0.2, 0) is 11.3 Å².